The molecule has 1 aliphatic heterocycles. The fourth-order valence-corrected chi connectivity index (χ4v) is 4.18. The van der Waals surface area contributed by atoms with Crippen LogP contribution in [0.1, 0.15) is 12.8 Å². The van der Waals surface area contributed by atoms with E-state index in [0.717, 1.165) is 12.1 Å². The topological polar surface area (TPSA) is 77.4 Å². The molecule has 2 aromatic rings. The van der Waals surface area contributed by atoms with Crippen molar-refractivity contribution in [2.24, 2.45) is 10.7 Å². The number of hydrogen-bond acceptors (Lipinski definition) is 3. The molecule has 1 fully saturated rings. The Kier molecular flexibility index (Phi) is 4.96. The molecule has 0 bridgehead atoms. The lowest BCUT2D eigenvalue weighted by Gasteiger charge is -2.33. The number of rotatable bonds is 4. The van der Waals surface area contributed by atoms with Gasteiger partial charge in [-0.25, -0.2) is 4.79 Å². The summed E-state index contributed by atoms with van der Waals surface area (Å²) in [6, 6.07) is 8.39. The maximum absolute atomic E-state index is 13.3. The minimum absolute atomic E-state index is 0.137. The molecule has 130 valence electrons. The lowest BCUT2D eigenvalue weighted by molar-refractivity contribution is -0.121. The van der Waals surface area contributed by atoms with Gasteiger partial charge in [0, 0.05) is 31.0 Å². The third-order valence-corrected chi connectivity index (χ3v) is 5.38. The van der Waals surface area contributed by atoms with Gasteiger partial charge in [-0.15, -0.1) is 22.9 Å². The second-order valence-electron chi connectivity index (χ2n) is 6.01. The number of para-hydroxylation sites is 1. The minimum atomic E-state index is -0.591. The van der Waals surface area contributed by atoms with Crippen LogP contribution in [0.2, 0.25) is 0 Å². The summed E-state index contributed by atoms with van der Waals surface area (Å²) in [5.41, 5.74) is 6.39. The molecular formula is C18H21N4O2S+. The van der Waals surface area contributed by atoms with Gasteiger partial charge < -0.3 is 10.3 Å². The molecular weight excluding hydrogens is 336 g/mol. The van der Waals surface area contributed by atoms with E-state index in [9.17, 15) is 9.59 Å². The van der Waals surface area contributed by atoms with Gasteiger partial charge in [0.2, 0.25) is 0 Å². The highest BCUT2D eigenvalue weighted by atomic mass is 32.1. The molecule has 1 aliphatic rings. The quantitative estimate of drug-likeness (QED) is 0.674. The van der Waals surface area contributed by atoms with E-state index in [1.54, 1.807) is 6.08 Å². The van der Waals surface area contributed by atoms with Gasteiger partial charge in [-0.05, 0) is 12.1 Å². The Morgan fingerprint density at radius 1 is 1.40 bits per heavy atom. The number of allylic oxidation sites excluding steroid dienone is 1. The Morgan fingerprint density at radius 2 is 2.16 bits per heavy atom. The van der Waals surface area contributed by atoms with Gasteiger partial charge >= 0.3 is 6.03 Å². The van der Waals surface area contributed by atoms with E-state index in [2.05, 4.69) is 11.6 Å². The Labute approximate surface area is 150 Å². The predicted molar refractivity (Wildman–Crippen MR) is 98.8 cm³/mol. The molecule has 25 heavy (non-hydrogen) atoms. The molecule has 3 rings (SSSR count). The van der Waals surface area contributed by atoms with Gasteiger partial charge in [-0.3, -0.25) is 4.79 Å². The summed E-state index contributed by atoms with van der Waals surface area (Å²) in [5, 5.41) is 1.87. The summed E-state index contributed by atoms with van der Waals surface area (Å²) >= 11 is 1.38. The molecule has 3 amide bonds. The van der Waals surface area contributed by atoms with Crippen LogP contribution in [0.25, 0.3) is 0 Å². The molecule has 2 unspecified atom stereocenters. The van der Waals surface area contributed by atoms with E-state index in [0.29, 0.717) is 24.3 Å². The monoisotopic (exact) mass is 357 g/mol. The smallest absolute Gasteiger partial charge is 0.364 e. The number of nitrogens with two attached hydrogens (primary N) is 1. The van der Waals surface area contributed by atoms with E-state index in [4.69, 9.17) is 5.73 Å². The van der Waals surface area contributed by atoms with Crippen LogP contribution in [0.4, 0.5) is 10.5 Å². The number of nitrogens with zero attached hydrogens (tertiary/aromatic N) is 3. The van der Waals surface area contributed by atoms with Crippen LogP contribution in [0.15, 0.2) is 59.6 Å². The Balaban J connectivity index is 2.12. The molecule has 1 saturated heterocycles. The third kappa shape index (κ3) is 3.08. The first-order chi connectivity index (χ1) is 12.1. The summed E-state index contributed by atoms with van der Waals surface area (Å²) < 4.78 is 1.72. The Morgan fingerprint density at radius 3 is 2.84 bits per heavy atom. The summed E-state index contributed by atoms with van der Waals surface area (Å²) in [7, 11) is 0. The molecule has 1 aromatic carbocycles. The lowest BCUT2D eigenvalue weighted by Crippen LogP contribution is -2.61. The molecule has 2 atom stereocenters. The van der Waals surface area contributed by atoms with Gasteiger partial charge in [-0.2, -0.15) is 4.48 Å². The fourth-order valence-electron chi connectivity index (χ4n) is 3.45. The summed E-state index contributed by atoms with van der Waals surface area (Å²) in [4.78, 5) is 30.3. The number of urea groups is 1. The van der Waals surface area contributed by atoms with Crippen molar-refractivity contribution >= 4 is 29.0 Å². The van der Waals surface area contributed by atoms with Crippen LogP contribution in [-0.2, 0) is 11.3 Å². The first-order valence-electron chi connectivity index (χ1n) is 8.16. The van der Waals surface area contributed by atoms with Crippen LogP contribution in [0.3, 0.4) is 0 Å². The zero-order valence-corrected chi connectivity index (χ0v) is 14.7. The number of carbonyl (C=O) groups excluding carboxylic acids is 2. The molecule has 1 aromatic heterocycles. The standard InChI is InChI=1S/C18H20N4O2S/c1-2-10-21-11-13-25-17(21)20-18(24)22(14-7-4-3-5-8-14)12-6-9-15(22)16(19)23/h2-5,7-8,11,13,15H,1,6,9-10,12H2,(H-,19,23)/p+1. The van der Waals surface area contributed by atoms with Crippen molar-refractivity contribution in [3.63, 3.8) is 0 Å². The van der Waals surface area contributed by atoms with Crippen LogP contribution in [0.5, 0.6) is 0 Å². The van der Waals surface area contributed by atoms with Crippen LogP contribution in [0, 0.1) is 0 Å². The average Bonchev–Trinajstić information content (AvgIpc) is 3.24. The Bertz CT molecular complexity index is 855. The molecule has 0 radical (unpaired) electrons. The van der Waals surface area contributed by atoms with Crippen LogP contribution in [-0.4, -0.2) is 29.1 Å². The number of thiazole rings is 1. The average molecular weight is 357 g/mol. The number of primary amides is 1. The number of aromatic nitrogens is 1. The number of amides is 3. The highest BCUT2D eigenvalue weighted by molar-refractivity contribution is 7.07. The molecule has 0 spiro atoms. The highest BCUT2D eigenvalue weighted by Gasteiger charge is 2.53. The molecule has 6 nitrogen and oxygen atoms in total. The van der Waals surface area contributed by atoms with Crippen molar-refractivity contribution in [2.45, 2.75) is 25.4 Å². The van der Waals surface area contributed by atoms with Crippen molar-refractivity contribution in [2.75, 3.05) is 6.54 Å². The summed E-state index contributed by atoms with van der Waals surface area (Å²) in [5.74, 6) is -0.463. The van der Waals surface area contributed by atoms with Crippen LogP contribution < -0.4 is 15.0 Å². The normalized spacial score (nSPS) is 23.5. The van der Waals surface area contributed by atoms with Crippen molar-refractivity contribution in [1.82, 2.24) is 9.05 Å². The molecule has 2 heterocycles. The number of carbonyl (C=O) groups is 2. The number of benzene rings is 1. The van der Waals surface area contributed by atoms with Gasteiger partial charge in [-0.1, -0.05) is 24.3 Å². The van der Waals surface area contributed by atoms with E-state index in [-0.39, 0.29) is 10.5 Å². The largest absolute Gasteiger partial charge is 0.451 e. The van der Waals surface area contributed by atoms with Crippen molar-refractivity contribution in [3.05, 3.63) is 59.4 Å². The van der Waals surface area contributed by atoms with Crippen molar-refractivity contribution in [3.8, 4) is 0 Å². The Hall–Kier alpha value is -2.51. The minimum Gasteiger partial charge on any atom is -0.364 e. The highest BCUT2D eigenvalue weighted by Crippen LogP contribution is 2.35. The molecule has 0 saturated carbocycles. The first kappa shape index (κ1) is 17.3. The third-order valence-electron chi connectivity index (χ3n) is 4.58. The zero-order valence-electron chi connectivity index (χ0n) is 13.9. The second kappa shape index (κ2) is 7.16. The SMILES string of the molecule is C=CCn1ccsc1=NC(=O)[N+]1(c2ccccc2)CCCC1C(N)=O. The maximum Gasteiger partial charge on any atom is 0.451 e. The van der Waals surface area contributed by atoms with Crippen molar-refractivity contribution in [1.29, 1.82) is 0 Å². The first-order valence-corrected chi connectivity index (χ1v) is 9.04. The number of likely N-dealkylation sites (tertiary alicyclic amines) is 1. The lowest BCUT2D eigenvalue weighted by atomic mass is 10.1. The van der Waals surface area contributed by atoms with Crippen molar-refractivity contribution < 1.29 is 9.59 Å². The zero-order chi connectivity index (χ0) is 17.9. The second-order valence-corrected chi connectivity index (χ2v) is 6.88. The summed E-state index contributed by atoms with van der Waals surface area (Å²) in [6.07, 6.45) is 4.95. The summed E-state index contributed by atoms with van der Waals surface area (Å²) in [6.45, 7) is 4.81. The van der Waals surface area contributed by atoms with Gasteiger partial charge in [0.15, 0.2) is 10.8 Å². The molecule has 0 aliphatic carbocycles. The van der Waals surface area contributed by atoms with Gasteiger partial charge in [0.05, 0.1) is 6.54 Å². The fraction of sp³-hybridized carbons (Fsp3) is 0.278. The van der Waals surface area contributed by atoms with E-state index in [1.807, 2.05) is 46.5 Å². The number of quaternary nitrogens is 1. The van der Waals surface area contributed by atoms with Gasteiger partial charge in [0.25, 0.3) is 5.91 Å². The molecule has 7 heteroatoms. The molecule has 2 N–H and O–H groups in total. The van der Waals surface area contributed by atoms with E-state index in [1.165, 1.54) is 11.3 Å². The van der Waals surface area contributed by atoms with Gasteiger partial charge in [0.1, 0.15) is 5.69 Å². The van der Waals surface area contributed by atoms with Crippen LogP contribution >= 0.6 is 11.3 Å². The van der Waals surface area contributed by atoms with E-state index < -0.39 is 11.9 Å². The predicted octanol–water partition coefficient (Wildman–Crippen LogP) is 2.41. The van der Waals surface area contributed by atoms with E-state index >= 15 is 0 Å². The number of hydrogen-bond donors (Lipinski definition) is 1. The maximum atomic E-state index is 13.3.